The van der Waals surface area contributed by atoms with Crippen LogP contribution >= 0.6 is 0 Å². The molecule has 3 saturated carbocycles. The van der Waals surface area contributed by atoms with Crippen molar-refractivity contribution in [2.75, 3.05) is 20.8 Å². The van der Waals surface area contributed by atoms with E-state index in [0.717, 1.165) is 0 Å². The van der Waals surface area contributed by atoms with Crippen LogP contribution in [-0.2, 0) is 47.7 Å². The summed E-state index contributed by atoms with van der Waals surface area (Å²) in [5, 5.41) is 1.20. The molecule has 3 aliphatic rings. The number of ether oxygens (including phenoxy) is 4. The van der Waals surface area contributed by atoms with Gasteiger partial charge in [0, 0.05) is 64.9 Å². The van der Waals surface area contributed by atoms with Gasteiger partial charge in [0.15, 0.2) is 5.78 Å². The predicted molar refractivity (Wildman–Crippen MR) is 171 cm³/mol. The molecule has 0 spiro atoms. The Hall–Kier alpha value is -3.18. The van der Waals surface area contributed by atoms with E-state index in [1.165, 1.54) is 33.3 Å². The maximum Gasteiger partial charge on any atom is 0.319 e. The van der Waals surface area contributed by atoms with E-state index in [9.17, 15) is 28.8 Å². The van der Waals surface area contributed by atoms with Crippen LogP contribution in [0.5, 0.6) is 0 Å². The maximum atomic E-state index is 14.7. The minimum atomic E-state index is -2.21. The predicted octanol–water partition coefficient (Wildman–Crippen LogP) is 3.98. The van der Waals surface area contributed by atoms with Crippen molar-refractivity contribution in [2.45, 2.75) is 96.6 Å². The van der Waals surface area contributed by atoms with Crippen molar-refractivity contribution in [3.05, 3.63) is 30.3 Å². The molecule has 0 N–H and O–H groups in total. The minimum absolute atomic E-state index is 0.0151. The van der Waals surface area contributed by atoms with Gasteiger partial charge >= 0.3 is 17.9 Å². The lowest BCUT2D eigenvalue weighted by atomic mass is 9.51. The first-order chi connectivity index (χ1) is 21.6. The number of benzene rings is 1. The van der Waals surface area contributed by atoms with Crippen molar-refractivity contribution in [3.63, 3.8) is 0 Å². The number of carbonyl (C=O) groups is 6. The van der Waals surface area contributed by atoms with Crippen molar-refractivity contribution in [1.82, 2.24) is 0 Å². The molecule has 4 rings (SSSR count). The average molecular weight is 657 g/mol. The van der Waals surface area contributed by atoms with Gasteiger partial charge in [-0.05, 0) is 31.2 Å². The fourth-order valence-electron chi connectivity index (χ4n) is 8.84. The third kappa shape index (κ3) is 6.37. The van der Waals surface area contributed by atoms with Crippen molar-refractivity contribution in [3.8, 4) is 0 Å². The summed E-state index contributed by atoms with van der Waals surface area (Å²) in [5.41, 5.74) is -3.05. The molecule has 0 radical (unpaired) electrons. The molecule has 0 bridgehead atoms. The SMILES string of the molecule is COC(=O)[C@]1(C[C@@H](OC(C)=O)[C@H]2CC(=O)C[C@@H]3C[C@@H]([Si](C)(C)c4ccccc4)CC(=O)[C@@]32COC(C)=O)C(=O)CC[C@@H]1[C@@H](C)OC. The highest BCUT2D eigenvalue weighted by molar-refractivity contribution is 6.91. The highest BCUT2D eigenvalue weighted by Gasteiger charge is 2.65. The van der Waals surface area contributed by atoms with Gasteiger partial charge in [-0.25, -0.2) is 0 Å². The molecular formula is C35H48O10Si. The normalized spacial score (nSPS) is 31.1. The summed E-state index contributed by atoms with van der Waals surface area (Å²) in [4.78, 5) is 80.7. The maximum absolute atomic E-state index is 14.7. The Morgan fingerprint density at radius 1 is 0.935 bits per heavy atom. The molecule has 3 fully saturated rings. The Morgan fingerprint density at radius 2 is 1.61 bits per heavy atom. The Balaban J connectivity index is 1.85. The molecule has 0 aromatic heterocycles. The zero-order valence-electron chi connectivity index (χ0n) is 28.1. The summed E-state index contributed by atoms with van der Waals surface area (Å²) in [6.45, 7) is 8.43. The Bertz CT molecular complexity index is 1360. The van der Waals surface area contributed by atoms with E-state index < -0.39 is 66.8 Å². The molecule has 1 aromatic rings. The van der Waals surface area contributed by atoms with Gasteiger partial charge in [0.2, 0.25) is 0 Å². The van der Waals surface area contributed by atoms with Crippen molar-refractivity contribution in [1.29, 1.82) is 0 Å². The van der Waals surface area contributed by atoms with Crippen LogP contribution in [0.3, 0.4) is 0 Å². The van der Waals surface area contributed by atoms with Crippen molar-refractivity contribution < 1.29 is 47.7 Å². The zero-order valence-corrected chi connectivity index (χ0v) is 29.1. The fraction of sp³-hybridized carbons (Fsp3) is 0.657. The molecule has 0 amide bonds. The van der Waals surface area contributed by atoms with E-state index in [0.29, 0.717) is 12.8 Å². The van der Waals surface area contributed by atoms with Gasteiger partial charge < -0.3 is 18.9 Å². The lowest BCUT2D eigenvalue weighted by Gasteiger charge is -2.55. The van der Waals surface area contributed by atoms with Crippen LogP contribution in [-0.4, -0.2) is 76.4 Å². The largest absolute Gasteiger partial charge is 0.468 e. The number of esters is 3. The van der Waals surface area contributed by atoms with Crippen molar-refractivity contribution >= 4 is 48.5 Å². The zero-order chi connectivity index (χ0) is 34.0. The third-order valence-corrected chi connectivity index (χ3v) is 15.8. The molecule has 46 heavy (non-hydrogen) atoms. The summed E-state index contributed by atoms with van der Waals surface area (Å²) >= 11 is 0. The van der Waals surface area contributed by atoms with Crippen LogP contribution in [0.25, 0.3) is 0 Å². The quantitative estimate of drug-likeness (QED) is 0.149. The molecule has 3 aliphatic carbocycles. The van der Waals surface area contributed by atoms with Gasteiger partial charge in [0.1, 0.15) is 29.7 Å². The van der Waals surface area contributed by atoms with Crippen LogP contribution in [0.4, 0.5) is 0 Å². The van der Waals surface area contributed by atoms with E-state index >= 15 is 0 Å². The second kappa shape index (κ2) is 13.9. The molecule has 10 nitrogen and oxygen atoms in total. The molecular weight excluding hydrogens is 608 g/mol. The second-order valence-electron chi connectivity index (χ2n) is 14.0. The lowest BCUT2D eigenvalue weighted by molar-refractivity contribution is -0.185. The molecule has 0 unspecified atom stereocenters. The van der Waals surface area contributed by atoms with Crippen LogP contribution < -0.4 is 5.19 Å². The summed E-state index contributed by atoms with van der Waals surface area (Å²) in [6.07, 6.45) is -0.740. The third-order valence-electron chi connectivity index (χ3n) is 11.5. The summed E-state index contributed by atoms with van der Waals surface area (Å²) < 4.78 is 22.4. The summed E-state index contributed by atoms with van der Waals surface area (Å²) in [6, 6.07) is 10.1. The monoisotopic (exact) mass is 656 g/mol. The summed E-state index contributed by atoms with van der Waals surface area (Å²) in [5.74, 6) is -4.62. The first kappa shape index (κ1) is 35.7. The topological polar surface area (TPSA) is 139 Å². The number of methoxy groups -OCH3 is 2. The van der Waals surface area contributed by atoms with Gasteiger partial charge in [-0.2, -0.15) is 0 Å². The molecule has 8 atom stereocenters. The van der Waals surface area contributed by atoms with E-state index in [-0.39, 0.29) is 61.6 Å². The van der Waals surface area contributed by atoms with Crippen LogP contribution in [0.2, 0.25) is 18.6 Å². The standard InChI is InChI=1S/C35H48O10Si/c1-21(42-4)28-13-14-31(39)34(28,33(41)43-5)19-30(45-23(3)37)29-17-25(38)15-24-16-27(46(6,7)26-11-9-8-10-12-26)18-32(40)35(24,29)20-44-22(2)36/h8-12,21,24,27-30H,13-20H2,1-7H3/t21-,24-,27-,28-,29-,30-,34+,35+/m1/s1. The Labute approximate surface area is 272 Å². The fourth-order valence-corrected chi connectivity index (χ4v) is 11.9. The Kier molecular flexibility index (Phi) is 10.8. The highest BCUT2D eigenvalue weighted by atomic mass is 28.3. The van der Waals surface area contributed by atoms with E-state index in [1.54, 1.807) is 6.92 Å². The van der Waals surface area contributed by atoms with E-state index in [1.807, 2.05) is 18.2 Å². The van der Waals surface area contributed by atoms with Crippen molar-refractivity contribution in [2.24, 2.45) is 28.6 Å². The molecule has 252 valence electrons. The number of Topliss-reactive ketones (excluding diaryl/α,β-unsaturated/α-hetero) is 3. The number of ketones is 3. The molecule has 11 heteroatoms. The number of rotatable bonds is 11. The lowest BCUT2D eigenvalue weighted by Crippen LogP contribution is -2.62. The average Bonchev–Trinajstić information content (AvgIpc) is 3.34. The number of hydrogen-bond donors (Lipinski definition) is 0. The molecule has 0 aliphatic heterocycles. The highest BCUT2D eigenvalue weighted by Crippen LogP contribution is 2.59. The molecule has 0 heterocycles. The molecule has 0 saturated heterocycles. The first-order valence-electron chi connectivity index (χ1n) is 16.2. The smallest absolute Gasteiger partial charge is 0.319 e. The second-order valence-corrected chi connectivity index (χ2v) is 18.9. The van der Waals surface area contributed by atoms with Gasteiger partial charge in [0.05, 0.1) is 26.7 Å². The van der Waals surface area contributed by atoms with Gasteiger partial charge in [-0.15, -0.1) is 0 Å². The minimum Gasteiger partial charge on any atom is -0.468 e. The van der Waals surface area contributed by atoms with Crippen LogP contribution in [0.15, 0.2) is 30.3 Å². The Morgan fingerprint density at radius 3 is 2.20 bits per heavy atom. The summed E-state index contributed by atoms with van der Waals surface area (Å²) in [7, 11) is 0.487. The van der Waals surface area contributed by atoms with E-state index in [2.05, 4.69) is 25.2 Å². The van der Waals surface area contributed by atoms with E-state index in [4.69, 9.17) is 18.9 Å². The number of carbonyl (C=O) groups excluding carboxylic acids is 6. The van der Waals surface area contributed by atoms with Gasteiger partial charge in [-0.1, -0.05) is 48.6 Å². The van der Waals surface area contributed by atoms with Gasteiger partial charge in [0.25, 0.3) is 0 Å². The van der Waals surface area contributed by atoms with Crippen LogP contribution in [0.1, 0.15) is 65.7 Å². The van der Waals surface area contributed by atoms with Crippen LogP contribution in [0, 0.1) is 28.6 Å². The molecule has 1 aromatic carbocycles. The number of fused-ring (bicyclic) bond motifs is 1. The van der Waals surface area contributed by atoms with Gasteiger partial charge in [-0.3, -0.25) is 28.8 Å². The first-order valence-corrected chi connectivity index (χ1v) is 19.3. The number of hydrogen-bond acceptors (Lipinski definition) is 10.